The van der Waals surface area contributed by atoms with E-state index in [4.69, 9.17) is 34.3 Å². The van der Waals surface area contributed by atoms with Crippen LogP contribution in [0.2, 0.25) is 10.0 Å². The number of guanidine groups is 1. The number of aliphatic imine (C=N–C) groups is 1. The van der Waals surface area contributed by atoms with Gasteiger partial charge in [-0.25, -0.2) is 18.1 Å². The first-order valence-electron chi connectivity index (χ1n) is 10.4. The Morgan fingerprint density at radius 1 is 0.943 bits per heavy atom. The number of hydrogen-bond acceptors (Lipinski definition) is 5. The summed E-state index contributed by atoms with van der Waals surface area (Å²) < 4.78 is 28.1. The Hall–Kier alpha value is -3.40. The van der Waals surface area contributed by atoms with E-state index in [1.54, 1.807) is 24.3 Å². The second kappa shape index (κ2) is 11.8. The van der Waals surface area contributed by atoms with E-state index in [2.05, 4.69) is 15.0 Å². The van der Waals surface area contributed by atoms with Crippen molar-refractivity contribution in [2.45, 2.75) is 10.8 Å². The lowest BCUT2D eigenvalue weighted by atomic mass is 9.90. The lowest BCUT2D eigenvalue weighted by Crippen LogP contribution is -2.44. The van der Waals surface area contributed by atoms with Crippen LogP contribution >= 0.6 is 23.2 Å². The van der Waals surface area contributed by atoms with E-state index in [0.717, 1.165) is 5.56 Å². The molecule has 0 aliphatic carbocycles. The molecule has 5 N–H and O–H groups in total. The van der Waals surface area contributed by atoms with Crippen molar-refractivity contribution in [2.24, 2.45) is 10.7 Å². The standard InChI is InChI=1S/C24H23Cl2N5O3S/c25-18-8-6-17(7-9-18)23(28)21(16-4-2-1-3-5-16)14-29-24(30-15-22(27)32)31-35(33,34)20-12-10-19(26)11-13-20/h1-13,21,28H,14-15H2,(H2,27,32)(H2,29,30,31)/t21-/m1/s1. The van der Waals surface area contributed by atoms with Crippen LogP contribution in [-0.2, 0) is 14.8 Å². The molecule has 182 valence electrons. The SMILES string of the molecule is N=C(c1ccc(Cl)cc1)[C@H](CNC(=NCC(N)=O)NS(=O)(=O)c1ccc(Cl)cc1)c1ccccc1. The van der Waals surface area contributed by atoms with Gasteiger partial charge in [-0.05, 0) is 47.5 Å². The molecule has 3 aromatic carbocycles. The summed E-state index contributed by atoms with van der Waals surface area (Å²) in [6.07, 6.45) is 0. The van der Waals surface area contributed by atoms with Gasteiger partial charge in [0.1, 0.15) is 6.54 Å². The molecule has 3 rings (SSSR count). The largest absolute Gasteiger partial charge is 0.368 e. The molecule has 3 aromatic rings. The Bertz CT molecular complexity index is 1310. The maximum Gasteiger partial charge on any atom is 0.264 e. The molecular formula is C24H23Cl2N5O3S. The fraction of sp³-hybridized carbons (Fsp3) is 0.125. The number of nitrogens with one attached hydrogen (secondary N) is 3. The molecule has 0 aliphatic heterocycles. The van der Waals surface area contributed by atoms with Gasteiger partial charge in [-0.2, -0.15) is 0 Å². The molecule has 0 spiro atoms. The van der Waals surface area contributed by atoms with Gasteiger partial charge in [0.15, 0.2) is 0 Å². The highest BCUT2D eigenvalue weighted by Crippen LogP contribution is 2.22. The molecule has 0 saturated carbocycles. The second-order valence-corrected chi connectivity index (χ2v) is 10.0. The van der Waals surface area contributed by atoms with Gasteiger partial charge < -0.3 is 16.5 Å². The maximum atomic E-state index is 12.9. The summed E-state index contributed by atoms with van der Waals surface area (Å²) in [7, 11) is -4.04. The highest BCUT2D eigenvalue weighted by Gasteiger charge is 2.21. The molecule has 0 fully saturated rings. The first-order valence-corrected chi connectivity index (χ1v) is 12.6. The van der Waals surface area contributed by atoms with Crippen LogP contribution in [0, 0.1) is 5.41 Å². The number of carbonyl (C=O) groups is 1. The molecular weight excluding hydrogens is 509 g/mol. The average molecular weight is 532 g/mol. The quantitative estimate of drug-likeness (QED) is 0.247. The lowest BCUT2D eigenvalue weighted by Gasteiger charge is -2.21. The van der Waals surface area contributed by atoms with Gasteiger partial charge in [0.05, 0.1) is 4.90 Å². The van der Waals surface area contributed by atoms with E-state index in [1.807, 2.05) is 30.3 Å². The van der Waals surface area contributed by atoms with Gasteiger partial charge in [0.2, 0.25) is 11.9 Å². The summed E-state index contributed by atoms with van der Waals surface area (Å²) in [6.45, 7) is -0.331. The molecule has 0 saturated heterocycles. The third kappa shape index (κ3) is 7.54. The summed E-state index contributed by atoms with van der Waals surface area (Å²) in [5.41, 5.74) is 6.98. The molecule has 11 heteroatoms. The monoisotopic (exact) mass is 531 g/mol. The smallest absolute Gasteiger partial charge is 0.264 e. The van der Waals surface area contributed by atoms with Crippen molar-refractivity contribution in [1.82, 2.24) is 10.0 Å². The predicted molar refractivity (Wildman–Crippen MR) is 139 cm³/mol. The minimum absolute atomic E-state index is 0.0380. The summed E-state index contributed by atoms with van der Waals surface area (Å²) in [4.78, 5) is 15.3. The zero-order valence-corrected chi connectivity index (χ0v) is 20.7. The maximum absolute atomic E-state index is 12.9. The zero-order chi connectivity index (χ0) is 25.4. The van der Waals surface area contributed by atoms with Crippen molar-refractivity contribution >= 4 is 50.8 Å². The summed E-state index contributed by atoms with van der Waals surface area (Å²) >= 11 is 11.8. The van der Waals surface area contributed by atoms with Crippen molar-refractivity contribution in [3.63, 3.8) is 0 Å². The first-order chi connectivity index (χ1) is 16.7. The van der Waals surface area contributed by atoms with Crippen LogP contribution < -0.4 is 15.8 Å². The number of benzene rings is 3. The third-order valence-electron chi connectivity index (χ3n) is 4.93. The van der Waals surface area contributed by atoms with Gasteiger partial charge >= 0.3 is 0 Å². The van der Waals surface area contributed by atoms with Gasteiger partial charge in [-0.15, -0.1) is 0 Å². The molecule has 1 amide bonds. The molecule has 0 bridgehead atoms. The zero-order valence-electron chi connectivity index (χ0n) is 18.4. The molecule has 1 atom stereocenters. The van der Waals surface area contributed by atoms with Crippen LogP contribution in [0.1, 0.15) is 17.0 Å². The van der Waals surface area contributed by atoms with Crippen LogP contribution in [0.25, 0.3) is 0 Å². The van der Waals surface area contributed by atoms with Crippen LogP contribution in [0.4, 0.5) is 0 Å². The fourth-order valence-electron chi connectivity index (χ4n) is 3.18. The number of carbonyl (C=O) groups excluding carboxylic acids is 1. The lowest BCUT2D eigenvalue weighted by molar-refractivity contribution is -0.116. The second-order valence-electron chi connectivity index (χ2n) is 7.46. The Morgan fingerprint density at radius 2 is 1.51 bits per heavy atom. The van der Waals surface area contributed by atoms with E-state index in [0.29, 0.717) is 15.6 Å². The van der Waals surface area contributed by atoms with E-state index >= 15 is 0 Å². The number of hydrogen-bond donors (Lipinski definition) is 4. The van der Waals surface area contributed by atoms with Gasteiger partial charge in [0.25, 0.3) is 10.0 Å². The Morgan fingerprint density at radius 3 is 2.09 bits per heavy atom. The van der Waals surface area contributed by atoms with Crippen LogP contribution in [0.15, 0.2) is 88.8 Å². The molecule has 8 nitrogen and oxygen atoms in total. The number of sulfonamides is 1. The number of nitrogens with zero attached hydrogens (tertiary/aromatic N) is 1. The van der Waals surface area contributed by atoms with E-state index in [1.165, 1.54) is 24.3 Å². The molecule has 0 unspecified atom stereocenters. The van der Waals surface area contributed by atoms with E-state index < -0.39 is 28.4 Å². The van der Waals surface area contributed by atoms with Crippen molar-refractivity contribution in [3.8, 4) is 0 Å². The number of amides is 1. The summed E-state index contributed by atoms with van der Waals surface area (Å²) in [5, 5.41) is 12.7. The predicted octanol–water partition coefficient (Wildman–Crippen LogP) is 3.55. The first kappa shape index (κ1) is 26.2. The van der Waals surface area contributed by atoms with Gasteiger partial charge in [-0.1, -0.05) is 65.7 Å². The molecule has 35 heavy (non-hydrogen) atoms. The highest BCUT2D eigenvalue weighted by atomic mass is 35.5. The van der Waals surface area contributed by atoms with Crippen LogP contribution in [0.5, 0.6) is 0 Å². The molecule has 0 aromatic heterocycles. The van der Waals surface area contributed by atoms with E-state index in [9.17, 15) is 13.2 Å². The minimum Gasteiger partial charge on any atom is -0.368 e. The normalized spacial score (nSPS) is 12.6. The van der Waals surface area contributed by atoms with Crippen molar-refractivity contribution in [2.75, 3.05) is 13.1 Å². The Labute approximate surface area is 213 Å². The molecule has 0 aliphatic rings. The summed E-state index contributed by atoms with van der Waals surface area (Å²) in [5.74, 6) is -1.39. The third-order valence-corrected chi connectivity index (χ3v) is 6.79. The van der Waals surface area contributed by atoms with Gasteiger partial charge in [0, 0.05) is 28.2 Å². The van der Waals surface area contributed by atoms with Crippen molar-refractivity contribution < 1.29 is 13.2 Å². The Balaban J connectivity index is 1.87. The molecule has 0 radical (unpaired) electrons. The number of primary amides is 1. The average Bonchev–Trinajstić information content (AvgIpc) is 2.83. The van der Waals surface area contributed by atoms with Crippen molar-refractivity contribution in [1.29, 1.82) is 5.41 Å². The number of halogens is 2. The number of nitrogens with two attached hydrogens (primary N) is 1. The Kier molecular flexibility index (Phi) is 8.86. The summed E-state index contributed by atoms with van der Waals surface area (Å²) in [6, 6.07) is 21.8. The topological polar surface area (TPSA) is 138 Å². The number of rotatable bonds is 9. The van der Waals surface area contributed by atoms with Crippen LogP contribution in [0.3, 0.4) is 0 Å². The van der Waals surface area contributed by atoms with Gasteiger partial charge in [-0.3, -0.25) is 4.79 Å². The van der Waals surface area contributed by atoms with Crippen LogP contribution in [-0.4, -0.2) is 39.1 Å². The highest BCUT2D eigenvalue weighted by molar-refractivity contribution is 7.90. The molecule has 0 heterocycles. The van der Waals surface area contributed by atoms with E-state index in [-0.39, 0.29) is 23.1 Å². The van der Waals surface area contributed by atoms with Crippen molar-refractivity contribution in [3.05, 3.63) is 100 Å². The minimum atomic E-state index is -4.04. The fourth-order valence-corrected chi connectivity index (χ4v) is 4.44.